The topological polar surface area (TPSA) is 55.1 Å². The Balaban J connectivity index is 1.87. The van der Waals surface area contributed by atoms with Crippen LogP contribution in [0.2, 0.25) is 5.02 Å². The molecule has 0 unspecified atom stereocenters. The van der Waals surface area contributed by atoms with E-state index in [0.29, 0.717) is 0 Å². The van der Waals surface area contributed by atoms with Crippen LogP contribution in [0.1, 0.15) is 29.8 Å². The second-order valence-electron chi connectivity index (χ2n) is 4.90. The van der Waals surface area contributed by atoms with Gasteiger partial charge in [-0.25, -0.2) is 8.78 Å². The van der Waals surface area contributed by atoms with Gasteiger partial charge in [0, 0.05) is 11.6 Å². The van der Waals surface area contributed by atoms with Gasteiger partial charge >= 0.3 is 0 Å². The van der Waals surface area contributed by atoms with Gasteiger partial charge in [-0.1, -0.05) is 16.8 Å². The average Bonchev–Trinajstić information content (AvgIpc) is 2.79. The van der Waals surface area contributed by atoms with E-state index in [4.69, 9.17) is 16.1 Å². The maximum atomic E-state index is 13.2. The summed E-state index contributed by atoms with van der Waals surface area (Å²) in [6.07, 6.45) is 2.94. The van der Waals surface area contributed by atoms with Crippen LogP contribution in [0, 0.1) is 11.6 Å². The molecule has 1 amide bonds. The molecule has 3 rings (SSSR count). The largest absolute Gasteiger partial charge is 0.354 e. The van der Waals surface area contributed by atoms with E-state index < -0.39 is 17.5 Å². The van der Waals surface area contributed by atoms with Gasteiger partial charge in [0.1, 0.15) is 5.02 Å². The van der Waals surface area contributed by atoms with Crippen molar-refractivity contribution < 1.29 is 18.1 Å². The minimum Gasteiger partial charge on any atom is -0.354 e. The molecule has 1 aliphatic carbocycles. The van der Waals surface area contributed by atoms with E-state index in [9.17, 15) is 13.6 Å². The number of carbonyl (C=O) groups is 1. The highest BCUT2D eigenvalue weighted by Gasteiger charge is 2.26. The van der Waals surface area contributed by atoms with Crippen molar-refractivity contribution in [3.63, 3.8) is 0 Å². The Morgan fingerprint density at radius 2 is 2.10 bits per heavy atom. The summed E-state index contributed by atoms with van der Waals surface area (Å²) in [7, 11) is 0. The van der Waals surface area contributed by atoms with Crippen LogP contribution in [0.4, 0.5) is 8.78 Å². The number of rotatable bonds is 3. The molecule has 21 heavy (non-hydrogen) atoms. The van der Waals surface area contributed by atoms with Gasteiger partial charge < -0.3 is 9.84 Å². The third-order valence-corrected chi connectivity index (χ3v) is 3.82. The summed E-state index contributed by atoms with van der Waals surface area (Å²) in [5.74, 6) is -2.39. The molecule has 7 heteroatoms. The SMILES string of the molecule is O=C(NC1CCC1)c1noc(-c2ccc(F)c(F)c2)c1Cl. The molecule has 1 aromatic carbocycles. The first-order valence-electron chi connectivity index (χ1n) is 6.47. The number of nitrogens with zero attached hydrogens (tertiary/aromatic N) is 1. The minimum absolute atomic E-state index is 0.0159. The molecule has 1 aromatic heterocycles. The first kappa shape index (κ1) is 14.0. The number of halogens is 3. The fraction of sp³-hybridized carbons (Fsp3) is 0.286. The number of amides is 1. The van der Waals surface area contributed by atoms with Gasteiger partial charge in [-0.15, -0.1) is 0 Å². The zero-order valence-electron chi connectivity index (χ0n) is 10.8. The number of aromatic nitrogens is 1. The molecule has 0 atom stereocenters. The van der Waals surface area contributed by atoms with Gasteiger partial charge in [-0.3, -0.25) is 4.79 Å². The Bertz CT molecular complexity index is 698. The Morgan fingerprint density at radius 1 is 1.33 bits per heavy atom. The third-order valence-electron chi connectivity index (χ3n) is 3.47. The molecule has 0 bridgehead atoms. The maximum absolute atomic E-state index is 13.2. The average molecular weight is 313 g/mol. The lowest BCUT2D eigenvalue weighted by atomic mass is 9.93. The summed E-state index contributed by atoms with van der Waals surface area (Å²) < 4.78 is 31.1. The fourth-order valence-corrected chi connectivity index (χ4v) is 2.31. The summed E-state index contributed by atoms with van der Waals surface area (Å²) >= 11 is 6.06. The lowest BCUT2D eigenvalue weighted by Gasteiger charge is -2.25. The van der Waals surface area contributed by atoms with Gasteiger partial charge in [0.05, 0.1) is 0 Å². The highest BCUT2D eigenvalue weighted by molar-refractivity contribution is 6.35. The quantitative estimate of drug-likeness (QED) is 0.943. The van der Waals surface area contributed by atoms with Crippen LogP contribution in [-0.4, -0.2) is 17.1 Å². The summed E-state index contributed by atoms with van der Waals surface area (Å²) in [5.41, 5.74) is 0.164. The number of carbonyl (C=O) groups excluding carboxylic acids is 1. The highest BCUT2D eigenvalue weighted by Crippen LogP contribution is 2.32. The second kappa shape index (κ2) is 5.44. The smallest absolute Gasteiger partial charge is 0.275 e. The zero-order valence-corrected chi connectivity index (χ0v) is 11.6. The first-order chi connectivity index (χ1) is 10.1. The lowest BCUT2D eigenvalue weighted by molar-refractivity contribution is 0.0908. The molecule has 0 spiro atoms. The van der Waals surface area contributed by atoms with Gasteiger partial charge in [-0.05, 0) is 37.5 Å². The Kier molecular flexibility index (Phi) is 3.63. The molecule has 1 aliphatic rings. The molecule has 1 saturated carbocycles. The molecular formula is C14H11ClF2N2O2. The number of hydrogen-bond acceptors (Lipinski definition) is 3. The van der Waals surface area contributed by atoms with Crippen LogP contribution in [0.5, 0.6) is 0 Å². The van der Waals surface area contributed by atoms with Crippen LogP contribution >= 0.6 is 11.6 Å². The van der Waals surface area contributed by atoms with Crippen molar-refractivity contribution in [1.82, 2.24) is 10.5 Å². The molecule has 1 fully saturated rings. The number of nitrogens with one attached hydrogen (secondary N) is 1. The Hall–Kier alpha value is -1.95. The van der Waals surface area contributed by atoms with Gasteiger partial charge in [-0.2, -0.15) is 0 Å². The van der Waals surface area contributed by atoms with E-state index in [1.54, 1.807) is 0 Å². The number of benzene rings is 1. The summed E-state index contributed by atoms with van der Waals surface area (Å²) in [5, 5.41) is 6.38. The standard InChI is InChI=1S/C14H11ClF2N2O2/c15-11-12(14(20)18-8-2-1-3-8)19-21-13(11)7-4-5-9(16)10(17)6-7/h4-6,8H,1-3H2,(H,18,20). The predicted molar refractivity (Wildman–Crippen MR) is 72.0 cm³/mol. The van der Waals surface area contributed by atoms with Crippen molar-refractivity contribution in [2.45, 2.75) is 25.3 Å². The van der Waals surface area contributed by atoms with Gasteiger partial charge in [0.15, 0.2) is 23.1 Å². The van der Waals surface area contributed by atoms with Gasteiger partial charge in [0.2, 0.25) is 0 Å². The van der Waals surface area contributed by atoms with E-state index in [-0.39, 0.29) is 28.1 Å². The molecule has 2 aromatic rings. The van der Waals surface area contributed by atoms with Crippen molar-refractivity contribution in [3.05, 3.63) is 40.6 Å². The van der Waals surface area contributed by atoms with Crippen LogP contribution in [0.15, 0.2) is 22.7 Å². The van der Waals surface area contributed by atoms with Gasteiger partial charge in [0.25, 0.3) is 5.91 Å². The van der Waals surface area contributed by atoms with Crippen LogP contribution in [0.25, 0.3) is 11.3 Å². The molecule has 1 heterocycles. The third kappa shape index (κ3) is 2.63. The van der Waals surface area contributed by atoms with E-state index in [1.165, 1.54) is 6.07 Å². The fourth-order valence-electron chi connectivity index (χ4n) is 2.04. The summed E-state index contributed by atoms with van der Waals surface area (Å²) in [6.45, 7) is 0. The molecule has 0 aliphatic heterocycles. The molecule has 1 N–H and O–H groups in total. The van der Waals surface area contributed by atoms with Crippen molar-refractivity contribution in [3.8, 4) is 11.3 Å². The molecule has 110 valence electrons. The number of hydrogen-bond donors (Lipinski definition) is 1. The Morgan fingerprint density at radius 3 is 2.71 bits per heavy atom. The van der Waals surface area contributed by atoms with E-state index in [0.717, 1.165) is 31.4 Å². The zero-order chi connectivity index (χ0) is 15.0. The minimum atomic E-state index is -1.03. The van der Waals surface area contributed by atoms with Crippen molar-refractivity contribution in [2.24, 2.45) is 0 Å². The monoisotopic (exact) mass is 312 g/mol. The molecular weight excluding hydrogens is 302 g/mol. The van der Waals surface area contributed by atoms with Crippen molar-refractivity contribution in [2.75, 3.05) is 0 Å². The van der Waals surface area contributed by atoms with E-state index in [2.05, 4.69) is 10.5 Å². The van der Waals surface area contributed by atoms with Crippen molar-refractivity contribution >= 4 is 17.5 Å². The molecule has 4 nitrogen and oxygen atoms in total. The van der Waals surface area contributed by atoms with Crippen LogP contribution in [-0.2, 0) is 0 Å². The van der Waals surface area contributed by atoms with E-state index >= 15 is 0 Å². The highest BCUT2D eigenvalue weighted by atomic mass is 35.5. The predicted octanol–water partition coefficient (Wildman–Crippen LogP) is 3.56. The van der Waals surface area contributed by atoms with Crippen LogP contribution in [0.3, 0.4) is 0 Å². The summed E-state index contributed by atoms with van der Waals surface area (Å²) in [6, 6.07) is 3.34. The molecule has 0 saturated heterocycles. The maximum Gasteiger partial charge on any atom is 0.275 e. The summed E-state index contributed by atoms with van der Waals surface area (Å²) in [4.78, 5) is 12.0. The van der Waals surface area contributed by atoms with E-state index in [1.807, 2.05) is 0 Å². The Labute approximate surface area is 124 Å². The van der Waals surface area contributed by atoms with Crippen molar-refractivity contribution in [1.29, 1.82) is 0 Å². The second-order valence-corrected chi connectivity index (χ2v) is 5.28. The first-order valence-corrected chi connectivity index (χ1v) is 6.85. The van der Waals surface area contributed by atoms with Crippen LogP contribution < -0.4 is 5.32 Å². The molecule has 0 radical (unpaired) electrons. The lowest BCUT2D eigenvalue weighted by Crippen LogP contribution is -2.39. The normalized spacial score (nSPS) is 14.8.